The maximum absolute atomic E-state index is 13.4. The molecule has 0 saturated heterocycles. The largest absolute Gasteiger partial charge is 0.398 e. The lowest BCUT2D eigenvalue weighted by Crippen LogP contribution is -2.26. The summed E-state index contributed by atoms with van der Waals surface area (Å²) in [6, 6.07) is 2.26. The Morgan fingerprint density at radius 1 is 1.39 bits per heavy atom. The number of nitrogens with two attached hydrogens (primary N) is 1. The maximum Gasteiger partial charge on any atom is 0.240 e. The van der Waals surface area contributed by atoms with Gasteiger partial charge in [0.1, 0.15) is 5.82 Å². The lowest BCUT2D eigenvalue weighted by molar-refractivity contribution is 0.550. The molecule has 0 aromatic heterocycles. The van der Waals surface area contributed by atoms with Crippen LogP contribution < -0.4 is 10.5 Å². The van der Waals surface area contributed by atoms with E-state index >= 15 is 0 Å². The van der Waals surface area contributed by atoms with Crippen LogP contribution in [-0.2, 0) is 10.0 Å². The first-order chi connectivity index (χ1) is 8.24. The number of anilines is 1. The Morgan fingerprint density at radius 2 is 2.00 bits per heavy atom. The van der Waals surface area contributed by atoms with E-state index in [1.165, 1.54) is 13.0 Å². The molecule has 0 spiro atoms. The molecule has 0 aliphatic rings. The molecule has 102 valence electrons. The quantitative estimate of drug-likeness (QED) is 0.807. The van der Waals surface area contributed by atoms with Crippen molar-refractivity contribution >= 4 is 15.7 Å². The molecule has 6 heteroatoms. The van der Waals surface area contributed by atoms with Gasteiger partial charge in [0.2, 0.25) is 10.0 Å². The van der Waals surface area contributed by atoms with E-state index in [2.05, 4.69) is 4.72 Å². The van der Waals surface area contributed by atoms with Crippen molar-refractivity contribution in [1.29, 1.82) is 0 Å². The van der Waals surface area contributed by atoms with Crippen LogP contribution in [0.4, 0.5) is 10.1 Å². The van der Waals surface area contributed by atoms with Crippen LogP contribution in [-0.4, -0.2) is 15.0 Å². The second-order valence-corrected chi connectivity index (χ2v) is 6.47. The SMILES string of the molecule is Cc1c(N)cc(S(=O)(=O)NCCC(C)C)cc1F. The molecule has 1 aromatic carbocycles. The Bertz CT molecular complexity index is 504. The number of hydrogen-bond acceptors (Lipinski definition) is 3. The van der Waals surface area contributed by atoms with Crippen LogP contribution in [0.3, 0.4) is 0 Å². The number of sulfonamides is 1. The molecule has 0 bridgehead atoms. The zero-order chi connectivity index (χ0) is 13.9. The molecule has 3 N–H and O–H groups in total. The van der Waals surface area contributed by atoms with Gasteiger partial charge in [0.15, 0.2) is 0 Å². The van der Waals surface area contributed by atoms with Crippen molar-refractivity contribution < 1.29 is 12.8 Å². The van der Waals surface area contributed by atoms with Crippen LogP contribution in [0.25, 0.3) is 0 Å². The zero-order valence-corrected chi connectivity index (χ0v) is 11.6. The van der Waals surface area contributed by atoms with Crippen LogP contribution >= 0.6 is 0 Å². The third kappa shape index (κ3) is 3.68. The van der Waals surface area contributed by atoms with Crippen molar-refractivity contribution in [3.63, 3.8) is 0 Å². The Labute approximate surface area is 107 Å². The predicted octanol–water partition coefficient (Wildman–Crippen LogP) is 2.04. The summed E-state index contributed by atoms with van der Waals surface area (Å²) in [6.45, 7) is 5.83. The van der Waals surface area contributed by atoms with E-state index in [-0.39, 0.29) is 16.1 Å². The van der Waals surface area contributed by atoms with Gasteiger partial charge in [-0.2, -0.15) is 0 Å². The van der Waals surface area contributed by atoms with E-state index in [0.29, 0.717) is 12.5 Å². The van der Waals surface area contributed by atoms with Gasteiger partial charge in [-0.05, 0) is 31.4 Å². The van der Waals surface area contributed by atoms with Crippen LogP contribution in [0.2, 0.25) is 0 Å². The van der Waals surface area contributed by atoms with Crippen molar-refractivity contribution in [2.75, 3.05) is 12.3 Å². The molecular weight excluding hydrogens is 255 g/mol. The van der Waals surface area contributed by atoms with Gasteiger partial charge < -0.3 is 5.73 Å². The van der Waals surface area contributed by atoms with Crippen LogP contribution in [0.5, 0.6) is 0 Å². The molecule has 1 aromatic rings. The van der Waals surface area contributed by atoms with Gasteiger partial charge in [0.25, 0.3) is 0 Å². The molecule has 1 rings (SSSR count). The summed E-state index contributed by atoms with van der Waals surface area (Å²) < 4.78 is 39.7. The number of nitrogens with one attached hydrogen (secondary N) is 1. The van der Waals surface area contributed by atoms with Crippen molar-refractivity contribution in [1.82, 2.24) is 4.72 Å². The lowest BCUT2D eigenvalue weighted by Gasteiger charge is -2.10. The number of hydrogen-bond donors (Lipinski definition) is 2. The highest BCUT2D eigenvalue weighted by molar-refractivity contribution is 7.89. The smallest absolute Gasteiger partial charge is 0.240 e. The van der Waals surface area contributed by atoms with Gasteiger partial charge in [0.05, 0.1) is 4.90 Å². The Balaban J connectivity index is 2.92. The number of benzene rings is 1. The minimum absolute atomic E-state index is 0.133. The highest BCUT2D eigenvalue weighted by Gasteiger charge is 2.17. The molecular formula is C12H19FN2O2S. The Morgan fingerprint density at radius 3 is 2.50 bits per heavy atom. The minimum Gasteiger partial charge on any atom is -0.398 e. The van der Waals surface area contributed by atoms with E-state index in [1.54, 1.807) is 0 Å². The average molecular weight is 274 g/mol. The van der Waals surface area contributed by atoms with E-state index in [1.807, 2.05) is 13.8 Å². The summed E-state index contributed by atoms with van der Waals surface area (Å²) >= 11 is 0. The summed E-state index contributed by atoms with van der Waals surface area (Å²) in [5.74, 6) is -0.216. The number of nitrogen functional groups attached to an aromatic ring is 1. The Kier molecular flexibility index (Phi) is 4.70. The van der Waals surface area contributed by atoms with Crippen molar-refractivity contribution in [2.24, 2.45) is 5.92 Å². The van der Waals surface area contributed by atoms with Crippen LogP contribution in [0.15, 0.2) is 17.0 Å². The maximum atomic E-state index is 13.4. The predicted molar refractivity (Wildman–Crippen MR) is 70.2 cm³/mol. The molecule has 0 atom stereocenters. The summed E-state index contributed by atoms with van der Waals surface area (Å²) in [5.41, 5.74) is 5.96. The van der Waals surface area contributed by atoms with Gasteiger partial charge in [0, 0.05) is 17.8 Å². The van der Waals surface area contributed by atoms with Crippen molar-refractivity contribution in [3.8, 4) is 0 Å². The highest BCUT2D eigenvalue weighted by atomic mass is 32.2. The van der Waals surface area contributed by atoms with Gasteiger partial charge in [-0.15, -0.1) is 0 Å². The fraction of sp³-hybridized carbons (Fsp3) is 0.500. The van der Waals surface area contributed by atoms with Gasteiger partial charge in [-0.25, -0.2) is 17.5 Å². The van der Waals surface area contributed by atoms with Crippen LogP contribution in [0, 0.1) is 18.7 Å². The number of rotatable bonds is 5. The molecule has 18 heavy (non-hydrogen) atoms. The third-order valence-electron chi connectivity index (χ3n) is 2.68. The lowest BCUT2D eigenvalue weighted by atomic mass is 10.1. The van der Waals surface area contributed by atoms with Gasteiger partial charge in [-0.3, -0.25) is 0 Å². The first kappa shape index (κ1) is 14.9. The van der Waals surface area contributed by atoms with Gasteiger partial charge >= 0.3 is 0 Å². The van der Waals surface area contributed by atoms with E-state index in [9.17, 15) is 12.8 Å². The third-order valence-corrected chi connectivity index (χ3v) is 4.12. The molecule has 0 aliphatic heterocycles. The second kappa shape index (κ2) is 5.67. The van der Waals surface area contributed by atoms with Crippen LogP contribution in [0.1, 0.15) is 25.8 Å². The molecule has 4 nitrogen and oxygen atoms in total. The summed E-state index contributed by atoms with van der Waals surface area (Å²) in [7, 11) is -3.69. The van der Waals surface area contributed by atoms with E-state index in [0.717, 1.165) is 12.5 Å². The fourth-order valence-electron chi connectivity index (χ4n) is 1.39. The minimum atomic E-state index is -3.69. The second-order valence-electron chi connectivity index (χ2n) is 4.70. The first-order valence-corrected chi connectivity index (χ1v) is 7.27. The molecule has 0 aliphatic carbocycles. The van der Waals surface area contributed by atoms with E-state index in [4.69, 9.17) is 5.73 Å². The molecule has 0 amide bonds. The molecule has 0 heterocycles. The Hall–Kier alpha value is -1.14. The normalized spacial score (nSPS) is 12.1. The fourth-order valence-corrected chi connectivity index (χ4v) is 2.49. The molecule has 0 unspecified atom stereocenters. The monoisotopic (exact) mass is 274 g/mol. The topological polar surface area (TPSA) is 72.2 Å². The zero-order valence-electron chi connectivity index (χ0n) is 10.8. The number of halogens is 1. The average Bonchev–Trinajstić information content (AvgIpc) is 2.24. The summed E-state index contributed by atoms with van der Waals surface area (Å²) in [5, 5.41) is 0. The van der Waals surface area contributed by atoms with Crippen molar-refractivity contribution in [3.05, 3.63) is 23.5 Å². The standard InChI is InChI=1S/C12H19FN2O2S/c1-8(2)4-5-15-18(16,17)10-6-11(13)9(3)12(14)7-10/h6-8,15H,4-5,14H2,1-3H3. The van der Waals surface area contributed by atoms with Gasteiger partial charge in [-0.1, -0.05) is 13.8 Å². The first-order valence-electron chi connectivity index (χ1n) is 5.79. The highest BCUT2D eigenvalue weighted by Crippen LogP contribution is 2.20. The summed E-state index contributed by atoms with van der Waals surface area (Å²) in [6.07, 6.45) is 0.725. The molecule has 0 radical (unpaired) electrons. The summed E-state index contributed by atoms with van der Waals surface area (Å²) in [4.78, 5) is -0.133. The van der Waals surface area contributed by atoms with E-state index < -0.39 is 15.8 Å². The van der Waals surface area contributed by atoms with Crippen molar-refractivity contribution in [2.45, 2.75) is 32.1 Å². The molecule has 0 saturated carbocycles. The molecule has 0 fully saturated rings.